The summed E-state index contributed by atoms with van der Waals surface area (Å²) in [5.41, 5.74) is 2.17. The number of halogens is 1. The van der Waals surface area contributed by atoms with Crippen LogP contribution in [0.3, 0.4) is 0 Å². The molecule has 0 fully saturated rings. The highest BCUT2D eigenvalue weighted by Gasteiger charge is 2.15. The van der Waals surface area contributed by atoms with E-state index in [1.165, 1.54) is 0 Å². The average Bonchev–Trinajstić information content (AvgIpc) is 2.43. The molecule has 2 aromatic carbocycles. The van der Waals surface area contributed by atoms with E-state index in [1.807, 2.05) is 13.0 Å². The van der Waals surface area contributed by atoms with Crippen LogP contribution in [0.2, 0.25) is 5.02 Å². The van der Waals surface area contributed by atoms with Crippen molar-refractivity contribution in [2.75, 3.05) is 5.32 Å². The fraction of sp³-hybridized carbons (Fsp3) is 0.125. The molecule has 2 N–H and O–H groups in total. The number of para-hydroxylation sites is 1. The van der Waals surface area contributed by atoms with E-state index >= 15 is 0 Å². The smallest absolute Gasteiger partial charge is 0.307 e. The predicted molar refractivity (Wildman–Crippen MR) is 81.9 cm³/mol. The zero-order chi connectivity index (χ0) is 15.4. The molecule has 0 spiro atoms. The summed E-state index contributed by atoms with van der Waals surface area (Å²) in [5.74, 6) is -1.35. The number of rotatable bonds is 4. The summed E-state index contributed by atoms with van der Waals surface area (Å²) in [6.07, 6.45) is -0.203. The molecule has 0 aliphatic carbocycles. The predicted octanol–water partition coefficient (Wildman–Crippen LogP) is 3.53. The van der Waals surface area contributed by atoms with Gasteiger partial charge in [0.1, 0.15) is 0 Å². The normalized spacial score (nSPS) is 10.2. The number of anilines is 1. The summed E-state index contributed by atoms with van der Waals surface area (Å²) in [6, 6.07) is 11.9. The van der Waals surface area contributed by atoms with Gasteiger partial charge in [-0.05, 0) is 30.2 Å². The molecular formula is C16H14ClNO3. The minimum atomic E-state index is -0.982. The lowest BCUT2D eigenvalue weighted by Gasteiger charge is -2.12. The van der Waals surface area contributed by atoms with Crippen LogP contribution in [0.25, 0.3) is 0 Å². The molecule has 0 unspecified atom stereocenters. The molecule has 0 saturated carbocycles. The number of hydrogen-bond donors (Lipinski definition) is 2. The first-order valence-electron chi connectivity index (χ1n) is 6.35. The molecule has 0 saturated heterocycles. The number of nitrogens with one attached hydrogen (secondary N) is 1. The largest absolute Gasteiger partial charge is 0.481 e. The molecule has 2 rings (SSSR count). The number of amides is 1. The molecule has 0 atom stereocenters. The number of benzene rings is 2. The molecule has 0 aliphatic heterocycles. The summed E-state index contributed by atoms with van der Waals surface area (Å²) in [7, 11) is 0. The highest BCUT2D eigenvalue weighted by atomic mass is 35.5. The van der Waals surface area contributed by atoms with Crippen LogP contribution in [0.15, 0.2) is 42.5 Å². The van der Waals surface area contributed by atoms with Gasteiger partial charge in [0, 0.05) is 5.56 Å². The Kier molecular flexibility index (Phi) is 4.60. The van der Waals surface area contributed by atoms with Crippen LogP contribution < -0.4 is 5.32 Å². The third-order valence-electron chi connectivity index (χ3n) is 3.06. The maximum atomic E-state index is 12.4. The highest BCUT2D eigenvalue weighted by Crippen LogP contribution is 2.26. The van der Waals surface area contributed by atoms with Crippen LogP contribution in [-0.4, -0.2) is 17.0 Å². The summed E-state index contributed by atoms with van der Waals surface area (Å²) in [5, 5.41) is 12.1. The van der Waals surface area contributed by atoms with Crippen molar-refractivity contribution in [3.05, 3.63) is 64.2 Å². The summed E-state index contributed by atoms with van der Waals surface area (Å²) in [6.45, 7) is 1.84. The van der Waals surface area contributed by atoms with Gasteiger partial charge in [-0.25, -0.2) is 0 Å². The van der Waals surface area contributed by atoms with Crippen molar-refractivity contribution in [1.29, 1.82) is 0 Å². The van der Waals surface area contributed by atoms with E-state index in [-0.39, 0.29) is 12.3 Å². The van der Waals surface area contributed by atoms with Crippen molar-refractivity contribution in [1.82, 2.24) is 0 Å². The Hall–Kier alpha value is -2.33. The molecule has 0 aliphatic rings. The SMILES string of the molecule is Cc1cccc(Cl)c1NC(=O)c1ccccc1CC(=O)O. The Labute approximate surface area is 127 Å². The second-order valence-corrected chi connectivity index (χ2v) is 5.02. The first kappa shape index (κ1) is 15.1. The molecule has 5 heteroatoms. The fourth-order valence-electron chi connectivity index (χ4n) is 2.03. The van der Waals surface area contributed by atoms with Crippen LogP contribution in [0.5, 0.6) is 0 Å². The van der Waals surface area contributed by atoms with Gasteiger partial charge < -0.3 is 10.4 Å². The summed E-state index contributed by atoms with van der Waals surface area (Å²) in [4.78, 5) is 23.2. The van der Waals surface area contributed by atoms with Gasteiger partial charge in [-0.2, -0.15) is 0 Å². The van der Waals surface area contributed by atoms with Crippen molar-refractivity contribution in [3.63, 3.8) is 0 Å². The molecule has 0 bridgehead atoms. The van der Waals surface area contributed by atoms with Gasteiger partial charge in [0.2, 0.25) is 0 Å². The van der Waals surface area contributed by atoms with Crippen LogP contribution in [0.1, 0.15) is 21.5 Å². The Morgan fingerprint density at radius 2 is 1.86 bits per heavy atom. The second kappa shape index (κ2) is 6.41. The number of hydrogen-bond acceptors (Lipinski definition) is 2. The number of carbonyl (C=O) groups excluding carboxylic acids is 1. The highest BCUT2D eigenvalue weighted by molar-refractivity contribution is 6.34. The minimum absolute atomic E-state index is 0.203. The van der Waals surface area contributed by atoms with Gasteiger partial charge in [-0.15, -0.1) is 0 Å². The Morgan fingerprint density at radius 1 is 1.14 bits per heavy atom. The number of carboxylic acids is 1. The van der Waals surface area contributed by atoms with Crippen LogP contribution in [0.4, 0.5) is 5.69 Å². The van der Waals surface area contributed by atoms with E-state index in [2.05, 4.69) is 5.32 Å². The molecule has 1 amide bonds. The molecular weight excluding hydrogens is 290 g/mol. The first-order valence-corrected chi connectivity index (χ1v) is 6.73. The topological polar surface area (TPSA) is 66.4 Å². The van der Waals surface area contributed by atoms with Crippen LogP contribution in [0, 0.1) is 6.92 Å². The number of carbonyl (C=O) groups is 2. The lowest BCUT2D eigenvalue weighted by atomic mass is 10.0. The second-order valence-electron chi connectivity index (χ2n) is 4.61. The zero-order valence-corrected chi connectivity index (χ0v) is 12.1. The molecule has 0 heterocycles. The van der Waals surface area contributed by atoms with Gasteiger partial charge >= 0.3 is 5.97 Å². The Morgan fingerprint density at radius 3 is 2.52 bits per heavy atom. The van der Waals surface area contributed by atoms with E-state index in [0.29, 0.717) is 21.8 Å². The van der Waals surface area contributed by atoms with Crippen LogP contribution >= 0.6 is 11.6 Å². The molecule has 0 radical (unpaired) electrons. The van der Waals surface area contributed by atoms with E-state index in [4.69, 9.17) is 16.7 Å². The molecule has 21 heavy (non-hydrogen) atoms. The van der Waals surface area contributed by atoms with Gasteiger partial charge in [0.25, 0.3) is 5.91 Å². The third kappa shape index (κ3) is 3.61. The number of aryl methyl sites for hydroxylation is 1. The van der Waals surface area contributed by atoms with Gasteiger partial charge in [0.05, 0.1) is 17.1 Å². The quantitative estimate of drug-likeness (QED) is 0.908. The summed E-state index contributed by atoms with van der Waals surface area (Å²) >= 11 is 6.08. The van der Waals surface area contributed by atoms with Crippen molar-refractivity contribution >= 4 is 29.2 Å². The number of aliphatic carboxylic acids is 1. The summed E-state index contributed by atoms with van der Waals surface area (Å²) < 4.78 is 0. The molecule has 108 valence electrons. The average molecular weight is 304 g/mol. The van der Waals surface area contributed by atoms with Gasteiger partial charge in [0.15, 0.2) is 0 Å². The van der Waals surface area contributed by atoms with Crippen LogP contribution in [-0.2, 0) is 11.2 Å². The van der Waals surface area contributed by atoms with E-state index < -0.39 is 5.97 Å². The molecule has 0 aromatic heterocycles. The third-order valence-corrected chi connectivity index (χ3v) is 3.38. The standard InChI is InChI=1S/C16H14ClNO3/c1-10-5-4-8-13(17)15(10)18-16(21)12-7-3-2-6-11(12)9-14(19)20/h2-8H,9H2,1H3,(H,18,21)(H,19,20). The molecule has 2 aromatic rings. The van der Waals surface area contributed by atoms with E-state index in [1.54, 1.807) is 36.4 Å². The first-order chi connectivity index (χ1) is 9.99. The van der Waals surface area contributed by atoms with E-state index in [9.17, 15) is 9.59 Å². The minimum Gasteiger partial charge on any atom is -0.481 e. The maximum absolute atomic E-state index is 12.4. The lowest BCUT2D eigenvalue weighted by Crippen LogP contribution is -2.16. The maximum Gasteiger partial charge on any atom is 0.307 e. The van der Waals surface area contributed by atoms with Gasteiger partial charge in [-0.3, -0.25) is 9.59 Å². The molecule has 4 nitrogen and oxygen atoms in total. The van der Waals surface area contributed by atoms with Crippen molar-refractivity contribution < 1.29 is 14.7 Å². The number of carboxylic acid groups (broad SMARTS) is 1. The van der Waals surface area contributed by atoms with Gasteiger partial charge in [-0.1, -0.05) is 41.9 Å². The Balaban J connectivity index is 2.31. The Bertz CT molecular complexity index is 677. The van der Waals surface area contributed by atoms with Crippen molar-refractivity contribution in [3.8, 4) is 0 Å². The monoisotopic (exact) mass is 303 g/mol. The lowest BCUT2D eigenvalue weighted by molar-refractivity contribution is -0.136. The van der Waals surface area contributed by atoms with E-state index in [0.717, 1.165) is 5.56 Å². The zero-order valence-electron chi connectivity index (χ0n) is 11.4. The van der Waals surface area contributed by atoms with Crippen molar-refractivity contribution in [2.45, 2.75) is 13.3 Å². The fourth-order valence-corrected chi connectivity index (χ4v) is 2.30. The van der Waals surface area contributed by atoms with Crippen molar-refractivity contribution in [2.24, 2.45) is 0 Å².